The highest BCUT2D eigenvalue weighted by Gasteiger charge is 2.15. The van der Waals surface area contributed by atoms with E-state index in [9.17, 15) is 0 Å². The first-order chi connectivity index (χ1) is 12.0. The lowest BCUT2D eigenvalue weighted by molar-refractivity contribution is 0.298. The highest BCUT2D eigenvalue weighted by Crippen LogP contribution is 2.28. The third-order valence-corrected chi connectivity index (χ3v) is 4.05. The number of likely N-dealkylation sites (N-methyl/N-ethyl adjacent to an activating group) is 1. The molecule has 0 fully saturated rings. The molecular weight excluding hydrogens is 336 g/mol. The van der Waals surface area contributed by atoms with Crippen LogP contribution in [-0.4, -0.2) is 49.9 Å². The Morgan fingerprint density at radius 1 is 1.24 bits per heavy atom. The second-order valence-corrected chi connectivity index (χ2v) is 6.08. The van der Waals surface area contributed by atoms with Crippen molar-refractivity contribution < 1.29 is 9.47 Å². The number of anilines is 1. The van der Waals surface area contributed by atoms with Crippen LogP contribution in [0.2, 0.25) is 0 Å². The number of nitrogens with zero attached hydrogens (tertiary/aromatic N) is 2. The molecule has 0 spiro atoms. The summed E-state index contributed by atoms with van der Waals surface area (Å²) >= 11 is 5.43. The fraction of sp³-hybridized carbons (Fsp3) is 0.333. The van der Waals surface area contributed by atoms with Crippen LogP contribution >= 0.6 is 12.2 Å². The number of benzene rings is 1. The van der Waals surface area contributed by atoms with Crippen LogP contribution in [0.25, 0.3) is 0 Å². The van der Waals surface area contributed by atoms with Crippen molar-refractivity contribution in [1.82, 2.24) is 15.2 Å². The van der Waals surface area contributed by atoms with E-state index in [1.54, 1.807) is 20.4 Å². The second-order valence-electron chi connectivity index (χ2n) is 5.67. The molecule has 1 atom stereocenters. The minimum Gasteiger partial charge on any atom is -0.497 e. The molecule has 1 aromatic carbocycles. The van der Waals surface area contributed by atoms with E-state index in [2.05, 4.69) is 26.6 Å². The number of hydrogen-bond donors (Lipinski definition) is 2. The molecule has 0 radical (unpaired) electrons. The highest BCUT2D eigenvalue weighted by atomic mass is 32.1. The predicted molar refractivity (Wildman–Crippen MR) is 104 cm³/mol. The summed E-state index contributed by atoms with van der Waals surface area (Å²) in [6.45, 7) is 0.650. The number of ether oxygens (including phenoxy) is 2. The quantitative estimate of drug-likeness (QED) is 0.736. The molecule has 25 heavy (non-hydrogen) atoms. The lowest BCUT2D eigenvalue weighted by atomic mass is 10.1. The molecule has 0 unspecified atom stereocenters. The van der Waals surface area contributed by atoms with Crippen molar-refractivity contribution >= 4 is 23.0 Å². The van der Waals surface area contributed by atoms with Gasteiger partial charge in [-0.3, -0.25) is 4.98 Å². The van der Waals surface area contributed by atoms with Gasteiger partial charge in [0.05, 0.1) is 25.9 Å². The van der Waals surface area contributed by atoms with Gasteiger partial charge < -0.3 is 25.0 Å². The van der Waals surface area contributed by atoms with Gasteiger partial charge in [0.15, 0.2) is 5.11 Å². The third-order valence-electron chi connectivity index (χ3n) is 3.80. The van der Waals surface area contributed by atoms with E-state index in [0.717, 1.165) is 17.0 Å². The molecule has 2 rings (SSSR count). The molecule has 0 bridgehead atoms. The van der Waals surface area contributed by atoms with Crippen molar-refractivity contribution in [3.8, 4) is 11.5 Å². The summed E-state index contributed by atoms with van der Waals surface area (Å²) in [6.07, 6.45) is 3.64. The molecule has 0 aliphatic carbocycles. The summed E-state index contributed by atoms with van der Waals surface area (Å²) in [6, 6.07) is 9.66. The van der Waals surface area contributed by atoms with Gasteiger partial charge >= 0.3 is 0 Å². The van der Waals surface area contributed by atoms with Crippen molar-refractivity contribution in [2.75, 3.05) is 40.2 Å². The third kappa shape index (κ3) is 5.30. The Kier molecular flexibility index (Phi) is 6.97. The normalized spacial score (nSPS) is 11.7. The molecule has 2 N–H and O–H groups in total. The fourth-order valence-electron chi connectivity index (χ4n) is 2.44. The van der Waals surface area contributed by atoms with Crippen LogP contribution in [0.5, 0.6) is 11.5 Å². The zero-order chi connectivity index (χ0) is 18.2. The zero-order valence-corrected chi connectivity index (χ0v) is 15.8. The van der Waals surface area contributed by atoms with Gasteiger partial charge in [-0.15, -0.1) is 0 Å². The first-order valence-electron chi connectivity index (χ1n) is 7.88. The highest BCUT2D eigenvalue weighted by molar-refractivity contribution is 7.80. The smallest absolute Gasteiger partial charge is 0.170 e. The number of nitrogens with one attached hydrogen (secondary N) is 2. The minimum atomic E-state index is 0.153. The number of aromatic nitrogens is 1. The molecule has 134 valence electrons. The van der Waals surface area contributed by atoms with Gasteiger partial charge in [-0.25, -0.2) is 0 Å². The van der Waals surface area contributed by atoms with E-state index < -0.39 is 0 Å². The molecular formula is C18H24N4O2S. The summed E-state index contributed by atoms with van der Waals surface area (Å²) in [7, 11) is 7.30. The van der Waals surface area contributed by atoms with Crippen LogP contribution in [0.3, 0.4) is 0 Å². The summed E-state index contributed by atoms with van der Waals surface area (Å²) in [5, 5.41) is 6.93. The summed E-state index contributed by atoms with van der Waals surface area (Å²) in [5.74, 6) is 1.42. The van der Waals surface area contributed by atoms with Gasteiger partial charge in [-0.05, 0) is 50.1 Å². The summed E-state index contributed by atoms with van der Waals surface area (Å²) in [5.41, 5.74) is 1.88. The maximum absolute atomic E-state index is 5.43. The van der Waals surface area contributed by atoms with Crippen molar-refractivity contribution in [2.24, 2.45) is 0 Å². The van der Waals surface area contributed by atoms with Crippen molar-refractivity contribution in [1.29, 1.82) is 0 Å². The van der Waals surface area contributed by atoms with Gasteiger partial charge in [0.2, 0.25) is 0 Å². The molecule has 0 aliphatic rings. The van der Waals surface area contributed by atoms with Crippen LogP contribution in [0.4, 0.5) is 5.69 Å². The Morgan fingerprint density at radius 2 is 2.04 bits per heavy atom. The average molecular weight is 360 g/mol. The van der Waals surface area contributed by atoms with Gasteiger partial charge in [0.25, 0.3) is 0 Å². The van der Waals surface area contributed by atoms with Crippen molar-refractivity contribution in [3.05, 3.63) is 48.3 Å². The Morgan fingerprint density at radius 3 is 2.64 bits per heavy atom. The van der Waals surface area contributed by atoms with E-state index >= 15 is 0 Å². The number of thiocarbonyl (C=S) groups is 1. The standard InChI is InChI=1S/C18H24N4O2S/c1-22(2)16(13-6-5-9-19-11-13)12-20-18(25)21-15-10-14(23-3)7-8-17(15)24-4/h5-11,16H,12H2,1-4H3,(H2,20,21,25)/t16-/m0/s1. The summed E-state index contributed by atoms with van der Waals surface area (Å²) in [4.78, 5) is 6.32. The Labute approximate surface area is 154 Å². The molecule has 7 heteroatoms. The number of hydrogen-bond acceptors (Lipinski definition) is 5. The SMILES string of the molecule is COc1ccc(OC)c(NC(=S)NC[C@@H](c2cccnc2)N(C)C)c1. The predicted octanol–water partition coefficient (Wildman–Crippen LogP) is 2.69. The molecule has 0 aliphatic heterocycles. The lowest BCUT2D eigenvalue weighted by Gasteiger charge is -2.25. The van der Waals surface area contributed by atoms with Crippen molar-refractivity contribution in [2.45, 2.75) is 6.04 Å². The molecule has 0 saturated carbocycles. The van der Waals surface area contributed by atoms with E-state index in [0.29, 0.717) is 17.4 Å². The maximum atomic E-state index is 5.43. The molecule has 1 aromatic heterocycles. The average Bonchev–Trinajstić information content (AvgIpc) is 2.62. The van der Waals surface area contributed by atoms with E-state index in [-0.39, 0.29) is 6.04 Å². The molecule has 2 aromatic rings. The first-order valence-corrected chi connectivity index (χ1v) is 8.29. The van der Waals surface area contributed by atoms with Gasteiger partial charge in [-0.1, -0.05) is 6.07 Å². The lowest BCUT2D eigenvalue weighted by Crippen LogP contribution is -2.36. The van der Waals surface area contributed by atoms with Crippen LogP contribution in [-0.2, 0) is 0 Å². The molecule has 0 amide bonds. The Bertz CT molecular complexity index is 695. The van der Waals surface area contributed by atoms with E-state index in [4.69, 9.17) is 21.7 Å². The minimum absolute atomic E-state index is 0.153. The largest absolute Gasteiger partial charge is 0.497 e. The number of pyridine rings is 1. The zero-order valence-electron chi connectivity index (χ0n) is 14.9. The number of methoxy groups -OCH3 is 2. The van der Waals surface area contributed by atoms with Crippen LogP contribution in [0.15, 0.2) is 42.7 Å². The number of rotatable bonds is 7. The van der Waals surface area contributed by atoms with Crippen molar-refractivity contribution in [3.63, 3.8) is 0 Å². The van der Waals surface area contributed by atoms with Crippen LogP contribution < -0.4 is 20.1 Å². The van der Waals surface area contributed by atoms with Gasteiger partial charge in [0.1, 0.15) is 11.5 Å². The maximum Gasteiger partial charge on any atom is 0.170 e. The molecule has 6 nitrogen and oxygen atoms in total. The van der Waals surface area contributed by atoms with Crippen LogP contribution in [0.1, 0.15) is 11.6 Å². The molecule has 0 saturated heterocycles. The topological polar surface area (TPSA) is 58.7 Å². The van der Waals surface area contributed by atoms with E-state index in [1.807, 2.05) is 44.6 Å². The van der Waals surface area contributed by atoms with Crippen LogP contribution in [0, 0.1) is 0 Å². The Balaban J connectivity index is 2.02. The fourth-order valence-corrected chi connectivity index (χ4v) is 2.63. The Hall–Kier alpha value is -2.38. The second kappa shape index (κ2) is 9.19. The summed E-state index contributed by atoms with van der Waals surface area (Å²) < 4.78 is 10.6. The van der Waals surface area contributed by atoms with E-state index in [1.165, 1.54) is 0 Å². The molecule has 1 heterocycles. The first kappa shape index (κ1) is 19.0. The monoisotopic (exact) mass is 360 g/mol. The van der Waals surface area contributed by atoms with Gasteiger partial charge in [-0.2, -0.15) is 0 Å². The van der Waals surface area contributed by atoms with Gasteiger partial charge in [0, 0.05) is 25.0 Å².